The lowest BCUT2D eigenvalue weighted by atomic mass is 9.83. The van der Waals surface area contributed by atoms with E-state index in [-0.39, 0.29) is 11.5 Å². The van der Waals surface area contributed by atoms with Gasteiger partial charge in [-0.2, -0.15) is 0 Å². The maximum absolute atomic E-state index is 13.2. The lowest BCUT2D eigenvalue weighted by Gasteiger charge is -2.43. The first kappa shape index (κ1) is 22.4. The maximum Gasteiger partial charge on any atom is 0.274 e. The van der Waals surface area contributed by atoms with Crippen LogP contribution in [0.1, 0.15) is 40.4 Å². The van der Waals surface area contributed by atoms with Crippen LogP contribution in [-0.4, -0.2) is 42.1 Å². The first-order valence-electron chi connectivity index (χ1n) is 12.1. The fraction of sp³-hybridized carbons (Fsp3) is 0.357. The van der Waals surface area contributed by atoms with Crippen LogP contribution in [0.2, 0.25) is 0 Å². The Balaban J connectivity index is 1.25. The number of rotatable bonds is 7. The molecule has 1 aromatic heterocycles. The molecular formula is C28H31N3O3. The number of aromatic nitrogens is 1. The number of nitrogens with one attached hydrogen (secondary N) is 1. The van der Waals surface area contributed by atoms with Crippen LogP contribution < -0.4 is 15.6 Å². The van der Waals surface area contributed by atoms with Gasteiger partial charge in [0.2, 0.25) is 0 Å². The lowest BCUT2D eigenvalue weighted by Crippen LogP contribution is -2.47. The third-order valence-electron chi connectivity index (χ3n) is 7.06. The van der Waals surface area contributed by atoms with Crippen molar-refractivity contribution in [2.45, 2.75) is 31.7 Å². The number of amides is 1. The number of hydrogen-bond acceptors (Lipinski definition) is 4. The monoisotopic (exact) mass is 457 g/mol. The Kier molecular flexibility index (Phi) is 6.50. The van der Waals surface area contributed by atoms with Gasteiger partial charge in [0.1, 0.15) is 11.4 Å². The van der Waals surface area contributed by atoms with E-state index >= 15 is 0 Å². The number of carbonyl (C=O) groups is 1. The van der Waals surface area contributed by atoms with Crippen LogP contribution in [0.4, 0.5) is 5.69 Å². The molecule has 0 unspecified atom stereocenters. The summed E-state index contributed by atoms with van der Waals surface area (Å²) in [5.74, 6) is 1.23. The largest absolute Gasteiger partial charge is 0.497 e. The topological polar surface area (TPSA) is 63.6 Å². The van der Waals surface area contributed by atoms with Crippen LogP contribution in [-0.2, 0) is 13.0 Å². The second kappa shape index (κ2) is 9.85. The van der Waals surface area contributed by atoms with Crippen molar-refractivity contribution in [1.82, 2.24) is 9.47 Å². The minimum absolute atomic E-state index is 0.105. The van der Waals surface area contributed by atoms with Gasteiger partial charge in [0, 0.05) is 36.8 Å². The zero-order valence-corrected chi connectivity index (χ0v) is 19.6. The molecule has 6 heteroatoms. The third-order valence-corrected chi connectivity index (χ3v) is 7.06. The lowest BCUT2D eigenvalue weighted by molar-refractivity contribution is 0.102. The van der Waals surface area contributed by atoms with E-state index in [1.54, 1.807) is 37.4 Å². The van der Waals surface area contributed by atoms with E-state index in [0.29, 0.717) is 35.4 Å². The zero-order valence-electron chi connectivity index (χ0n) is 19.6. The van der Waals surface area contributed by atoms with E-state index in [1.807, 2.05) is 10.6 Å². The van der Waals surface area contributed by atoms with Crippen LogP contribution >= 0.6 is 0 Å². The summed E-state index contributed by atoms with van der Waals surface area (Å²) in [7, 11) is 1.59. The van der Waals surface area contributed by atoms with E-state index < -0.39 is 0 Å². The van der Waals surface area contributed by atoms with E-state index in [4.69, 9.17) is 4.74 Å². The Labute approximate surface area is 200 Å². The Hall–Kier alpha value is -3.38. The van der Waals surface area contributed by atoms with Crippen LogP contribution in [0.5, 0.6) is 5.75 Å². The zero-order chi connectivity index (χ0) is 23.5. The van der Waals surface area contributed by atoms with Gasteiger partial charge in [0.15, 0.2) is 0 Å². The normalized spacial score (nSPS) is 19.3. The van der Waals surface area contributed by atoms with Crippen molar-refractivity contribution in [2.24, 2.45) is 5.92 Å². The number of ether oxygens (including phenoxy) is 1. The maximum atomic E-state index is 13.2. The molecule has 1 N–H and O–H groups in total. The number of nitrogens with zero attached hydrogens (tertiary/aromatic N) is 2. The van der Waals surface area contributed by atoms with Gasteiger partial charge < -0.3 is 19.5 Å². The molecule has 1 amide bonds. The first-order valence-corrected chi connectivity index (χ1v) is 12.1. The number of methoxy groups -OCH3 is 1. The highest BCUT2D eigenvalue weighted by Gasteiger charge is 2.34. The Morgan fingerprint density at radius 2 is 1.79 bits per heavy atom. The molecule has 6 nitrogen and oxygen atoms in total. The van der Waals surface area contributed by atoms with Gasteiger partial charge in [-0.05, 0) is 73.7 Å². The van der Waals surface area contributed by atoms with E-state index in [0.717, 1.165) is 44.6 Å². The number of pyridine rings is 1. The Bertz CT molecular complexity index is 1200. The van der Waals surface area contributed by atoms with Crippen molar-refractivity contribution in [2.75, 3.05) is 32.1 Å². The quantitative estimate of drug-likeness (QED) is 0.579. The molecule has 2 bridgehead atoms. The molecule has 2 aromatic carbocycles. The summed E-state index contributed by atoms with van der Waals surface area (Å²) in [5.41, 5.74) is 3.21. The van der Waals surface area contributed by atoms with Gasteiger partial charge in [-0.15, -0.1) is 0 Å². The highest BCUT2D eigenvalue weighted by molar-refractivity contribution is 6.04. The van der Waals surface area contributed by atoms with E-state index in [2.05, 4.69) is 40.5 Å². The number of likely N-dealkylation sites (tertiary alicyclic amines) is 1. The fourth-order valence-corrected chi connectivity index (χ4v) is 5.41. The van der Waals surface area contributed by atoms with Gasteiger partial charge in [0.25, 0.3) is 11.5 Å². The summed E-state index contributed by atoms with van der Waals surface area (Å²) in [6.45, 7) is 3.82. The van der Waals surface area contributed by atoms with Crippen LogP contribution in [0, 0.1) is 5.92 Å². The average Bonchev–Trinajstić information content (AvgIpc) is 2.86. The number of fused-ring (bicyclic) bond motifs is 4. The predicted molar refractivity (Wildman–Crippen MR) is 134 cm³/mol. The average molecular weight is 458 g/mol. The summed E-state index contributed by atoms with van der Waals surface area (Å²) < 4.78 is 7.04. The summed E-state index contributed by atoms with van der Waals surface area (Å²) in [6, 6.07) is 21.3. The molecule has 0 aliphatic carbocycles. The van der Waals surface area contributed by atoms with Crippen LogP contribution in [0.15, 0.2) is 71.5 Å². The van der Waals surface area contributed by atoms with Crippen LogP contribution in [0.3, 0.4) is 0 Å². The smallest absolute Gasteiger partial charge is 0.274 e. The van der Waals surface area contributed by atoms with Gasteiger partial charge in [-0.1, -0.05) is 30.3 Å². The molecule has 0 spiro atoms. The molecule has 1 fully saturated rings. The van der Waals surface area contributed by atoms with Crippen molar-refractivity contribution in [3.05, 3.63) is 93.9 Å². The summed E-state index contributed by atoms with van der Waals surface area (Å²) in [6.07, 6.45) is 3.37. The van der Waals surface area contributed by atoms with Gasteiger partial charge >= 0.3 is 0 Å². The molecule has 1 saturated heterocycles. The number of piperidine rings is 1. The highest BCUT2D eigenvalue weighted by atomic mass is 16.5. The Morgan fingerprint density at radius 1 is 1.00 bits per heavy atom. The SMILES string of the molecule is COc1ccc(C(=O)Nc2ccc3n(c2=O)C[C@@H]2C[C@@H]3CN(CCCc3ccccc3)C2)cc1. The van der Waals surface area contributed by atoms with E-state index in [9.17, 15) is 9.59 Å². The van der Waals surface area contributed by atoms with Crippen molar-refractivity contribution in [3.63, 3.8) is 0 Å². The molecule has 176 valence electrons. The van der Waals surface area contributed by atoms with Gasteiger partial charge in [-0.3, -0.25) is 9.59 Å². The molecule has 3 heterocycles. The summed E-state index contributed by atoms with van der Waals surface area (Å²) in [5, 5.41) is 2.81. The second-order valence-electron chi connectivity index (χ2n) is 9.42. The van der Waals surface area contributed by atoms with Gasteiger partial charge in [0.05, 0.1) is 7.11 Å². The van der Waals surface area contributed by atoms with Crippen molar-refractivity contribution in [1.29, 1.82) is 0 Å². The summed E-state index contributed by atoms with van der Waals surface area (Å²) >= 11 is 0. The van der Waals surface area contributed by atoms with Crippen molar-refractivity contribution >= 4 is 11.6 Å². The fourth-order valence-electron chi connectivity index (χ4n) is 5.41. The molecule has 34 heavy (non-hydrogen) atoms. The Morgan fingerprint density at radius 3 is 2.56 bits per heavy atom. The number of anilines is 1. The number of aryl methyl sites for hydroxylation is 1. The number of benzene rings is 2. The minimum Gasteiger partial charge on any atom is -0.497 e. The molecule has 2 aliphatic heterocycles. The molecule has 5 rings (SSSR count). The third kappa shape index (κ3) is 4.77. The minimum atomic E-state index is -0.291. The molecule has 2 aliphatic rings. The highest BCUT2D eigenvalue weighted by Crippen LogP contribution is 2.35. The molecular weight excluding hydrogens is 426 g/mol. The summed E-state index contributed by atoms with van der Waals surface area (Å²) in [4.78, 5) is 28.5. The number of carbonyl (C=O) groups excluding carboxylic acids is 1. The van der Waals surface area contributed by atoms with Crippen molar-refractivity contribution in [3.8, 4) is 5.75 Å². The molecule has 0 saturated carbocycles. The van der Waals surface area contributed by atoms with E-state index in [1.165, 1.54) is 5.56 Å². The molecule has 2 atom stereocenters. The van der Waals surface area contributed by atoms with Crippen molar-refractivity contribution < 1.29 is 9.53 Å². The standard InChI is InChI=1S/C28H31N3O3/c1-34-24-11-9-22(10-12-24)27(32)29-25-13-14-26-23-16-21(18-31(26)28(25)33)17-30(19-23)15-5-8-20-6-3-2-4-7-20/h2-4,6-7,9-14,21,23H,5,8,15-19H2,1H3,(H,29,32)/t21-,23-/m1/s1. The second-order valence-corrected chi connectivity index (χ2v) is 9.42. The first-order chi connectivity index (χ1) is 16.6. The molecule has 3 aromatic rings. The number of hydrogen-bond donors (Lipinski definition) is 1. The predicted octanol–water partition coefficient (Wildman–Crippen LogP) is 4.16. The van der Waals surface area contributed by atoms with Crippen LogP contribution in [0.25, 0.3) is 0 Å². The molecule has 0 radical (unpaired) electrons. The van der Waals surface area contributed by atoms with Gasteiger partial charge in [-0.25, -0.2) is 0 Å².